The fourth-order valence-electron chi connectivity index (χ4n) is 1.88. The number of benzene rings is 1. The first-order valence-corrected chi connectivity index (χ1v) is 6.11. The third-order valence-electron chi connectivity index (χ3n) is 2.64. The van der Waals surface area contributed by atoms with E-state index in [1.807, 2.05) is 45.2 Å². The zero-order chi connectivity index (χ0) is 13.5. The molecule has 1 atom stereocenters. The van der Waals surface area contributed by atoms with Gasteiger partial charge in [-0.1, -0.05) is 12.1 Å². The molecule has 0 saturated heterocycles. The predicted molar refractivity (Wildman–Crippen MR) is 71.8 cm³/mol. The summed E-state index contributed by atoms with van der Waals surface area (Å²) in [7, 11) is 5.14. The summed E-state index contributed by atoms with van der Waals surface area (Å²) in [4.78, 5) is 0. The van der Waals surface area contributed by atoms with Crippen molar-refractivity contribution in [3.63, 3.8) is 0 Å². The Labute approximate surface area is 109 Å². The van der Waals surface area contributed by atoms with Gasteiger partial charge in [-0.3, -0.25) is 0 Å². The molecule has 0 fully saturated rings. The van der Waals surface area contributed by atoms with Crippen molar-refractivity contribution < 1.29 is 14.2 Å². The highest BCUT2D eigenvalue weighted by Crippen LogP contribution is 2.23. The summed E-state index contributed by atoms with van der Waals surface area (Å²) < 4.78 is 16.3. The van der Waals surface area contributed by atoms with Crippen LogP contribution in [0.4, 0.5) is 0 Å². The zero-order valence-electron chi connectivity index (χ0n) is 11.8. The Bertz CT molecular complexity index is 351. The van der Waals surface area contributed by atoms with Crippen molar-refractivity contribution in [1.29, 1.82) is 0 Å². The lowest BCUT2D eigenvalue weighted by atomic mass is 10.1. The molecule has 4 heteroatoms. The van der Waals surface area contributed by atoms with E-state index in [2.05, 4.69) is 5.32 Å². The molecule has 0 spiro atoms. The number of rotatable bonds is 7. The lowest BCUT2D eigenvalue weighted by Gasteiger charge is -2.25. The second kappa shape index (κ2) is 7.36. The molecular formula is C14H23NO3. The molecular weight excluding hydrogens is 230 g/mol. The van der Waals surface area contributed by atoms with Gasteiger partial charge in [-0.25, -0.2) is 0 Å². The topological polar surface area (TPSA) is 39.7 Å². The average Bonchev–Trinajstić information content (AvgIpc) is 2.35. The zero-order valence-corrected chi connectivity index (χ0v) is 11.8. The minimum Gasteiger partial charge on any atom is -0.491 e. The highest BCUT2D eigenvalue weighted by Gasteiger charge is 2.21. The van der Waals surface area contributed by atoms with Crippen molar-refractivity contribution in [3.8, 4) is 5.75 Å². The van der Waals surface area contributed by atoms with Gasteiger partial charge >= 0.3 is 0 Å². The van der Waals surface area contributed by atoms with E-state index in [1.165, 1.54) is 0 Å². The van der Waals surface area contributed by atoms with Crippen LogP contribution < -0.4 is 10.1 Å². The molecule has 1 rings (SSSR count). The molecule has 0 saturated carbocycles. The van der Waals surface area contributed by atoms with E-state index >= 15 is 0 Å². The molecule has 0 amide bonds. The largest absolute Gasteiger partial charge is 0.491 e. The van der Waals surface area contributed by atoms with Gasteiger partial charge in [0.05, 0.1) is 12.1 Å². The van der Waals surface area contributed by atoms with Crippen LogP contribution in [0.1, 0.15) is 25.5 Å². The van der Waals surface area contributed by atoms with E-state index in [9.17, 15) is 0 Å². The third-order valence-corrected chi connectivity index (χ3v) is 2.64. The van der Waals surface area contributed by atoms with E-state index in [-0.39, 0.29) is 18.4 Å². The van der Waals surface area contributed by atoms with Crippen LogP contribution in [0.5, 0.6) is 5.75 Å². The normalized spacial score (nSPS) is 13.1. The van der Waals surface area contributed by atoms with Crippen LogP contribution in [0.15, 0.2) is 24.3 Å². The predicted octanol–water partition coefficient (Wildman–Crippen LogP) is 2.35. The minimum absolute atomic E-state index is 0.0317. The summed E-state index contributed by atoms with van der Waals surface area (Å²) >= 11 is 0. The maximum atomic E-state index is 5.69. The van der Waals surface area contributed by atoms with Gasteiger partial charge in [0.2, 0.25) is 0 Å². The van der Waals surface area contributed by atoms with Crippen LogP contribution in [0.25, 0.3) is 0 Å². The van der Waals surface area contributed by atoms with Crippen LogP contribution in [-0.4, -0.2) is 33.7 Å². The summed E-state index contributed by atoms with van der Waals surface area (Å²) in [6, 6.07) is 7.92. The monoisotopic (exact) mass is 253 g/mol. The Kier molecular flexibility index (Phi) is 6.12. The lowest BCUT2D eigenvalue weighted by molar-refractivity contribution is -0.123. The van der Waals surface area contributed by atoms with Crippen molar-refractivity contribution in [3.05, 3.63) is 29.8 Å². The van der Waals surface area contributed by atoms with Crippen LogP contribution in [0, 0.1) is 0 Å². The van der Waals surface area contributed by atoms with Gasteiger partial charge in [0.25, 0.3) is 0 Å². The summed E-state index contributed by atoms with van der Waals surface area (Å²) in [6.45, 7) is 4.02. The summed E-state index contributed by atoms with van der Waals surface area (Å²) in [6.07, 6.45) is -0.168. The minimum atomic E-state index is -0.329. The molecule has 4 nitrogen and oxygen atoms in total. The Morgan fingerprint density at radius 3 is 2.28 bits per heavy atom. The molecule has 0 radical (unpaired) electrons. The molecule has 0 aromatic heterocycles. The van der Waals surface area contributed by atoms with E-state index in [0.717, 1.165) is 11.3 Å². The highest BCUT2D eigenvalue weighted by atomic mass is 16.7. The molecule has 102 valence electrons. The fourth-order valence-corrected chi connectivity index (χ4v) is 1.88. The van der Waals surface area contributed by atoms with Crippen molar-refractivity contribution in [2.75, 3.05) is 21.3 Å². The first-order valence-electron chi connectivity index (χ1n) is 6.11. The lowest BCUT2D eigenvalue weighted by Crippen LogP contribution is -2.32. The van der Waals surface area contributed by atoms with E-state index in [1.54, 1.807) is 14.2 Å². The van der Waals surface area contributed by atoms with Crippen molar-refractivity contribution >= 4 is 0 Å². The molecule has 1 unspecified atom stereocenters. The molecule has 0 aliphatic heterocycles. The smallest absolute Gasteiger partial charge is 0.176 e. The molecule has 1 aromatic carbocycles. The SMILES string of the molecule is CNC(c1cccc(OC(C)C)c1)C(OC)OC. The number of hydrogen-bond acceptors (Lipinski definition) is 4. The number of hydrogen-bond donors (Lipinski definition) is 1. The summed E-state index contributed by atoms with van der Waals surface area (Å²) in [5.74, 6) is 0.855. The van der Waals surface area contributed by atoms with Crippen LogP contribution in [0.2, 0.25) is 0 Å². The van der Waals surface area contributed by atoms with Gasteiger partial charge in [0.15, 0.2) is 6.29 Å². The van der Waals surface area contributed by atoms with E-state index in [0.29, 0.717) is 0 Å². The highest BCUT2D eigenvalue weighted by molar-refractivity contribution is 5.31. The number of methoxy groups -OCH3 is 2. The first kappa shape index (κ1) is 15.0. The standard InChI is InChI=1S/C14H23NO3/c1-10(2)18-12-8-6-7-11(9-12)13(15-3)14(16-4)17-5/h6-10,13-15H,1-5H3. The van der Waals surface area contributed by atoms with E-state index < -0.39 is 0 Å². The van der Waals surface area contributed by atoms with Crippen LogP contribution in [0.3, 0.4) is 0 Å². The average molecular weight is 253 g/mol. The third kappa shape index (κ3) is 3.98. The molecule has 0 aliphatic rings. The van der Waals surface area contributed by atoms with Crippen molar-refractivity contribution in [1.82, 2.24) is 5.32 Å². The second-order valence-corrected chi connectivity index (χ2v) is 4.35. The number of nitrogens with one attached hydrogen (secondary N) is 1. The Morgan fingerprint density at radius 2 is 1.78 bits per heavy atom. The van der Waals surface area contributed by atoms with Gasteiger partial charge in [-0.2, -0.15) is 0 Å². The van der Waals surface area contributed by atoms with Gasteiger partial charge in [-0.15, -0.1) is 0 Å². The molecule has 1 aromatic rings. The molecule has 0 aliphatic carbocycles. The van der Waals surface area contributed by atoms with Crippen LogP contribution in [-0.2, 0) is 9.47 Å². The Hall–Kier alpha value is -1.10. The number of likely N-dealkylation sites (N-methyl/N-ethyl adjacent to an activating group) is 1. The molecule has 18 heavy (non-hydrogen) atoms. The first-order chi connectivity index (χ1) is 8.62. The Morgan fingerprint density at radius 1 is 1.11 bits per heavy atom. The van der Waals surface area contributed by atoms with Crippen molar-refractivity contribution in [2.45, 2.75) is 32.3 Å². The molecule has 0 bridgehead atoms. The van der Waals surface area contributed by atoms with Gasteiger partial charge in [-0.05, 0) is 38.6 Å². The van der Waals surface area contributed by atoms with Gasteiger partial charge in [0.1, 0.15) is 5.75 Å². The number of ether oxygens (including phenoxy) is 3. The van der Waals surface area contributed by atoms with Crippen LogP contribution >= 0.6 is 0 Å². The Balaban J connectivity index is 2.91. The van der Waals surface area contributed by atoms with Gasteiger partial charge < -0.3 is 19.5 Å². The quantitative estimate of drug-likeness (QED) is 0.757. The molecule has 1 N–H and O–H groups in total. The van der Waals surface area contributed by atoms with Gasteiger partial charge in [0, 0.05) is 14.2 Å². The van der Waals surface area contributed by atoms with Crippen molar-refractivity contribution in [2.24, 2.45) is 0 Å². The summed E-state index contributed by atoms with van der Waals surface area (Å²) in [5, 5.41) is 3.20. The second-order valence-electron chi connectivity index (χ2n) is 4.35. The van der Waals surface area contributed by atoms with E-state index in [4.69, 9.17) is 14.2 Å². The summed E-state index contributed by atoms with van der Waals surface area (Å²) in [5.41, 5.74) is 1.07. The fraction of sp³-hybridized carbons (Fsp3) is 0.571. The molecule has 0 heterocycles. The maximum absolute atomic E-state index is 5.69. The maximum Gasteiger partial charge on any atom is 0.176 e.